The minimum Gasteiger partial charge on any atom is -0.276 e. The van der Waals surface area contributed by atoms with Crippen LogP contribution in [0.3, 0.4) is 0 Å². The fourth-order valence-electron chi connectivity index (χ4n) is 3.13. The van der Waals surface area contributed by atoms with Gasteiger partial charge in [-0.2, -0.15) is 5.10 Å². The zero-order valence-electron chi connectivity index (χ0n) is 15.2. The van der Waals surface area contributed by atoms with E-state index >= 15 is 0 Å². The predicted octanol–water partition coefficient (Wildman–Crippen LogP) is 5.03. The number of allylic oxidation sites excluding steroid dienone is 5. The first-order valence-corrected chi connectivity index (χ1v) is 8.88. The van der Waals surface area contributed by atoms with Gasteiger partial charge in [-0.1, -0.05) is 36.4 Å². The number of fused-ring (bicyclic) bond motifs is 1. The van der Waals surface area contributed by atoms with Crippen molar-refractivity contribution in [2.45, 2.75) is 13.3 Å². The van der Waals surface area contributed by atoms with Crippen LogP contribution >= 0.6 is 0 Å². The van der Waals surface area contributed by atoms with E-state index in [-0.39, 0.29) is 0 Å². The second-order valence-electron chi connectivity index (χ2n) is 6.45. The van der Waals surface area contributed by atoms with E-state index in [4.69, 9.17) is 0 Å². The summed E-state index contributed by atoms with van der Waals surface area (Å²) in [5.41, 5.74) is 8.06. The molecule has 0 unspecified atom stereocenters. The first-order valence-electron chi connectivity index (χ1n) is 8.88. The summed E-state index contributed by atoms with van der Waals surface area (Å²) >= 11 is 0. The van der Waals surface area contributed by atoms with E-state index in [1.54, 1.807) is 0 Å². The van der Waals surface area contributed by atoms with E-state index in [9.17, 15) is 0 Å². The number of pyridine rings is 2. The van der Waals surface area contributed by atoms with Crippen LogP contribution in [0, 0.1) is 6.92 Å². The van der Waals surface area contributed by atoms with Crippen LogP contribution in [0.25, 0.3) is 29.1 Å². The van der Waals surface area contributed by atoms with Crippen molar-refractivity contribution >= 4 is 17.7 Å². The molecule has 3 heterocycles. The van der Waals surface area contributed by atoms with Crippen molar-refractivity contribution in [1.82, 2.24) is 20.2 Å². The Bertz CT molecular complexity index is 1080. The predicted molar refractivity (Wildman–Crippen MR) is 111 cm³/mol. The molecule has 1 aliphatic carbocycles. The highest BCUT2D eigenvalue weighted by Crippen LogP contribution is 2.28. The maximum absolute atomic E-state index is 4.62. The lowest BCUT2D eigenvalue weighted by Gasteiger charge is -2.08. The number of nitrogens with one attached hydrogen (secondary N) is 1. The number of hydrogen-bond donors (Lipinski definition) is 1. The first-order chi connectivity index (χ1) is 13.2. The van der Waals surface area contributed by atoms with E-state index in [1.165, 1.54) is 0 Å². The summed E-state index contributed by atoms with van der Waals surface area (Å²) < 4.78 is 0. The van der Waals surface area contributed by atoms with Crippen LogP contribution < -0.4 is 0 Å². The molecule has 3 aromatic heterocycles. The summed E-state index contributed by atoms with van der Waals surface area (Å²) in [5, 5.41) is 7.33. The molecule has 1 aliphatic rings. The molecule has 0 saturated carbocycles. The van der Waals surface area contributed by atoms with Crippen molar-refractivity contribution in [3.05, 3.63) is 95.6 Å². The van der Waals surface area contributed by atoms with Crippen LogP contribution in [-0.2, 0) is 6.42 Å². The van der Waals surface area contributed by atoms with Crippen LogP contribution in [0.15, 0.2) is 67.5 Å². The van der Waals surface area contributed by atoms with Gasteiger partial charge < -0.3 is 0 Å². The van der Waals surface area contributed by atoms with Crippen LogP contribution in [0.1, 0.15) is 28.1 Å². The molecule has 0 amide bonds. The third-order valence-electron chi connectivity index (χ3n) is 4.45. The summed E-state index contributed by atoms with van der Waals surface area (Å²) in [6, 6.07) is 8.14. The number of rotatable bonds is 4. The molecule has 1 N–H and O–H groups in total. The molecule has 0 saturated heterocycles. The highest BCUT2D eigenvalue weighted by molar-refractivity contribution is 5.87. The Morgan fingerprint density at radius 2 is 2.07 bits per heavy atom. The van der Waals surface area contributed by atoms with Crippen molar-refractivity contribution in [1.29, 1.82) is 0 Å². The normalized spacial score (nSPS) is 16.0. The monoisotopic (exact) mass is 352 g/mol. The molecule has 3 aromatic rings. The van der Waals surface area contributed by atoms with Crippen LogP contribution in [0.4, 0.5) is 0 Å². The smallest absolute Gasteiger partial charge is 0.0912 e. The van der Waals surface area contributed by atoms with Gasteiger partial charge in [-0.3, -0.25) is 15.1 Å². The van der Waals surface area contributed by atoms with Gasteiger partial charge in [-0.05, 0) is 48.8 Å². The molecule has 0 bridgehead atoms. The van der Waals surface area contributed by atoms with E-state index in [0.717, 1.165) is 51.5 Å². The molecule has 0 spiro atoms. The standard InChI is InChI=1S/C23H20N4/c1-3-6-17-13-19-9-5-8-18(11-12-21(19)24-14-17)20-15-25-27-23(20)22-10-4-7-16(2)26-22/h3-5,7-15H,1,6H2,2H3,(H,25,27)/b8-5?,9-5+,12-11?,18-8-,18-11?,19-9?,21-12?. The van der Waals surface area contributed by atoms with E-state index in [2.05, 4.69) is 57.1 Å². The van der Waals surface area contributed by atoms with Gasteiger partial charge in [0.2, 0.25) is 0 Å². The van der Waals surface area contributed by atoms with Crippen molar-refractivity contribution in [2.24, 2.45) is 0 Å². The van der Waals surface area contributed by atoms with E-state index in [1.807, 2.05) is 49.7 Å². The maximum atomic E-state index is 4.62. The molecule has 0 atom stereocenters. The Morgan fingerprint density at radius 3 is 2.93 bits per heavy atom. The van der Waals surface area contributed by atoms with Crippen molar-refractivity contribution in [3.8, 4) is 11.4 Å². The SMILES string of the molecule is C=CCc1cnc2c(c1)/C=C/C=C(\c1cn[nH]c1-c1cccc(C)n1)C=C2. The number of nitrogens with zero attached hydrogens (tertiary/aromatic N) is 3. The highest BCUT2D eigenvalue weighted by atomic mass is 15.1. The molecule has 132 valence electrons. The fraction of sp³-hybridized carbons (Fsp3) is 0.0870. The van der Waals surface area contributed by atoms with Gasteiger partial charge in [0.05, 0.1) is 23.3 Å². The number of aryl methyl sites for hydroxylation is 1. The topological polar surface area (TPSA) is 54.5 Å². The number of aromatic nitrogens is 4. The molecule has 0 aromatic carbocycles. The minimum atomic E-state index is 0.820. The molecule has 4 nitrogen and oxygen atoms in total. The zero-order valence-corrected chi connectivity index (χ0v) is 15.2. The Kier molecular flexibility index (Phi) is 4.62. The Labute approximate surface area is 158 Å². The lowest BCUT2D eigenvalue weighted by molar-refractivity contribution is 1.08. The number of hydrogen-bond acceptors (Lipinski definition) is 3. The second kappa shape index (κ2) is 7.38. The molecule has 4 heteroatoms. The maximum Gasteiger partial charge on any atom is 0.0912 e. The molecule has 0 aliphatic heterocycles. The van der Waals surface area contributed by atoms with Gasteiger partial charge >= 0.3 is 0 Å². The average molecular weight is 352 g/mol. The molecule has 4 rings (SSSR count). The lowest BCUT2D eigenvalue weighted by Crippen LogP contribution is -1.93. The largest absolute Gasteiger partial charge is 0.276 e. The van der Waals surface area contributed by atoms with Gasteiger partial charge in [-0.15, -0.1) is 6.58 Å². The third kappa shape index (κ3) is 3.55. The number of H-pyrrole nitrogens is 1. The highest BCUT2D eigenvalue weighted by Gasteiger charge is 2.12. The Morgan fingerprint density at radius 1 is 1.15 bits per heavy atom. The summed E-state index contributed by atoms with van der Waals surface area (Å²) in [4.78, 5) is 9.21. The van der Waals surface area contributed by atoms with Crippen molar-refractivity contribution in [2.75, 3.05) is 0 Å². The summed E-state index contributed by atoms with van der Waals surface area (Å²) in [5.74, 6) is 0. The minimum absolute atomic E-state index is 0.820. The van der Waals surface area contributed by atoms with E-state index < -0.39 is 0 Å². The summed E-state index contributed by atoms with van der Waals surface area (Å²) in [6.07, 6.45) is 16.8. The Hall–Kier alpha value is -3.53. The van der Waals surface area contributed by atoms with Gasteiger partial charge in [0, 0.05) is 23.0 Å². The fourth-order valence-corrected chi connectivity index (χ4v) is 3.13. The quantitative estimate of drug-likeness (QED) is 0.670. The second-order valence-corrected chi connectivity index (χ2v) is 6.45. The van der Waals surface area contributed by atoms with Crippen LogP contribution in [0.5, 0.6) is 0 Å². The van der Waals surface area contributed by atoms with Crippen molar-refractivity contribution in [3.63, 3.8) is 0 Å². The molecular weight excluding hydrogens is 332 g/mol. The Balaban J connectivity index is 1.71. The zero-order chi connectivity index (χ0) is 18.6. The lowest BCUT2D eigenvalue weighted by atomic mass is 9.99. The van der Waals surface area contributed by atoms with Gasteiger partial charge in [0.1, 0.15) is 0 Å². The van der Waals surface area contributed by atoms with Crippen LogP contribution in [0.2, 0.25) is 0 Å². The molecule has 27 heavy (non-hydrogen) atoms. The molecule has 0 radical (unpaired) electrons. The van der Waals surface area contributed by atoms with Crippen LogP contribution in [-0.4, -0.2) is 20.2 Å². The summed E-state index contributed by atoms with van der Waals surface area (Å²) in [6.45, 7) is 5.78. The third-order valence-corrected chi connectivity index (χ3v) is 4.45. The molecule has 0 fully saturated rings. The van der Waals surface area contributed by atoms with Gasteiger partial charge in [0.15, 0.2) is 0 Å². The summed E-state index contributed by atoms with van der Waals surface area (Å²) in [7, 11) is 0. The van der Waals surface area contributed by atoms with Crippen molar-refractivity contribution < 1.29 is 0 Å². The molecular formula is C23H20N4. The van der Waals surface area contributed by atoms with Gasteiger partial charge in [0.25, 0.3) is 0 Å². The average Bonchev–Trinajstić information content (AvgIpc) is 3.13. The van der Waals surface area contributed by atoms with Gasteiger partial charge in [-0.25, -0.2) is 0 Å². The van der Waals surface area contributed by atoms with E-state index in [0.29, 0.717) is 0 Å². The first kappa shape index (κ1) is 16.9. The number of aromatic amines is 1.